The molecule has 0 saturated carbocycles. The van der Waals surface area contributed by atoms with Gasteiger partial charge in [-0.15, -0.1) is 0 Å². The van der Waals surface area contributed by atoms with Gasteiger partial charge in [0.05, 0.1) is 13.2 Å². The van der Waals surface area contributed by atoms with Gasteiger partial charge in [0.1, 0.15) is 0 Å². The minimum Gasteiger partial charge on any atom is -0.473 e. The maximum absolute atomic E-state index is 9.10. The molecule has 3 N–H and O–H groups in total. The van der Waals surface area contributed by atoms with Crippen LogP contribution in [0.2, 0.25) is 0 Å². The molecular formula is C18H26N2O5. The van der Waals surface area contributed by atoms with Gasteiger partial charge < -0.3 is 20.3 Å². The monoisotopic (exact) mass is 350 g/mol. The Kier molecular flexibility index (Phi) is 10.9. The molecule has 1 aliphatic rings. The third-order valence-electron chi connectivity index (χ3n) is 3.49. The van der Waals surface area contributed by atoms with E-state index in [1.165, 1.54) is 18.5 Å². The van der Waals surface area contributed by atoms with Crippen molar-refractivity contribution >= 4 is 18.0 Å². The summed E-state index contributed by atoms with van der Waals surface area (Å²) in [5, 5.41) is 18.2. The summed E-state index contributed by atoms with van der Waals surface area (Å²) < 4.78 is 5.33. The number of carbonyl (C=O) groups is 2. The number of hydrogen-bond acceptors (Lipinski definition) is 5. The number of carboxylic acids is 2. The van der Waals surface area contributed by atoms with E-state index in [4.69, 9.17) is 24.5 Å². The second-order valence-electron chi connectivity index (χ2n) is 5.44. The van der Waals surface area contributed by atoms with Gasteiger partial charge in [0.25, 0.3) is 0 Å². The first-order valence-corrected chi connectivity index (χ1v) is 8.28. The first-order valence-electron chi connectivity index (χ1n) is 8.28. The second kappa shape index (κ2) is 13.1. The summed E-state index contributed by atoms with van der Waals surface area (Å²) in [4.78, 5) is 20.7. The van der Waals surface area contributed by atoms with Crippen molar-refractivity contribution in [3.8, 4) is 0 Å². The fourth-order valence-electron chi connectivity index (χ4n) is 2.20. The largest absolute Gasteiger partial charge is 0.473 e. The van der Waals surface area contributed by atoms with Crippen LogP contribution in [0, 0.1) is 0 Å². The maximum Gasteiger partial charge on any atom is 0.414 e. The molecule has 1 aromatic rings. The number of nitrogens with zero attached hydrogens (tertiary/aromatic N) is 1. The molecule has 1 aliphatic heterocycles. The Morgan fingerprint density at radius 3 is 2.36 bits per heavy atom. The van der Waals surface area contributed by atoms with Crippen molar-refractivity contribution in [2.45, 2.75) is 6.42 Å². The van der Waals surface area contributed by atoms with Crippen molar-refractivity contribution in [1.29, 1.82) is 0 Å². The molecule has 0 radical (unpaired) electrons. The number of rotatable bonds is 7. The summed E-state index contributed by atoms with van der Waals surface area (Å²) in [6.45, 7) is 7.18. The van der Waals surface area contributed by atoms with Crippen molar-refractivity contribution < 1.29 is 24.5 Å². The summed E-state index contributed by atoms with van der Waals surface area (Å²) in [5.41, 5.74) is 1.26. The van der Waals surface area contributed by atoms with Crippen LogP contribution in [0.15, 0.2) is 36.4 Å². The lowest BCUT2D eigenvalue weighted by atomic mass is 10.2. The Hall–Kier alpha value is -2.22. The lowest BCUT2D eigenvalue weighted by Crippen LogP contribution is -2.37. The zero-order valence-corrected chi connectivity index (χ0v) is 14.3. The number of aliphatic carboxylic acids is 2. The number of morpholine rings is 1. The molecule has 0 amide bonds. The average molecular weight is 350 g/mol. The molecule has 1 heterocycles. The molecule has 0 aliphatic carbocycles. The van der Waals surface area contributed by atoms with Gasteiger partial charge in [-0.1, -0.05) is 42.5 Å². The molecule has 1 aromatic carbocycles. The molecule has 25 heavy (non-hydrogen) atoms. The van der Waals surface area contributed by atoms with Gasteiger partial charge in [-0.25, -0.2) is 9.59 Å². The number of benzene rings is 1. The minimum atomic E-state index is -1.82. The fraction of sp³-hybridized carbons (Fsp3) is 0.444. The molecule has 7 heteroatoms. The van der Waals surface area contributed by atoms with E-state index in [2.05, 4.69) is 46.6 Å². The zero-order chi connectivity index (χ0) is 18.3. The summed E-state index contributed by atoms with van der Waals surface area (Å²) in [6, 6.07) is 10.4. The van der Waals surface area contributed by atoms with E-state index in [0.29, 0.717) is 0 Å². The van der Waals surface area contributed by atoms with Gasteiger partial charge in [-0.3, -0.25) is 4.90 Å². The first kappa shape index (κ1) is 20.8. The molecule has 0 bridgehead atoms. The van der Waals surface area contributed by atoms with Crippen LogP contribution in [0.5, 0.6) is 0 Å². The number of carboxylic acid groups (broad SMARTS) is 2. The van der Waals surface area contributed by atoms with Crippen molar-refractivity contribution in [3.05, 3.63) is 42.0 Å². The standard InChI is InChI=1S/C16H24N2O.C2H2O4/c1-2-6-16(7-3-1)8-4-9-17-10-5-11-18-12-14-19-15-13-18;3-1(4)2(5)6/h1-4,6-8,17H,5,9-15H2;(H,3,4)(H,5,6). The Morgan fingerprint density at radius 1 is 1.12 bits per heavy atom. The van der Waals surface area contributed by atoms with Gasteiger partial charge in [0.15, 0.2) is 0 Å². The van der Waals surface area contributed by atoms with E-state index in [-0.39, 0.29) is 0 Å². The Bertz CT molecular complexity index is 516. The number of hydrogen-bond donors (Lipinski definition) is 3. The molecule has 138 valence electrons. The van der Waals surface area contributed by atoms with Crippen molar-refractivity contribution in [2.75, 3.05) is 45.9 Å². The molecule has 0 atom stereocenters. The maximum atomic E-state index is 9.10. The minimum absolute atomic E-state index is 0.896. The van der Waals surface area contributed by atoms with Gasteiger partial charge in [-0.2, -0.15) is 0 Å². The van der Waals surface area contributed by atoms with E-state index in [1.807, 2.05) is 6.07 Å². The van der Waals surface area contributed by atoms with Crippen molar-refractivity contribution in [1.82, 2.24) is 10.2 Å². The Balaban J connectivity index is 0.000000450. The molecule has 1 saturated heterocycles. The van der Waals surface area contributed by atoms with Crippen molar-refractivity contribution in [2.24, 2.45) is 0 Å². The molecule has 1 fully saturated rings. The van der Waals surface area contributed by atoms with Crippen LogP contribution in [0.1, 0.15) is 12.0 Å². The van der Waals surface area contributed by atoms with E-state index in [9.17, 15) is 0 Å². The zero-order valence-electron chi connectivity index (χ0n) is 14.3. The number of ether oxygens (including phenoxy) is 1. The first-order chi connectivity index (χ1) is 12.1. The third kappa shape index (κ3) is 11.0. The molecule has 0 unspecified atom stereocenters. The van der Waals surface area contributed by atoms with Gasteiger partial charge >= 0.3 is 11.9 Å². The lowest BCUT2D eigenvalue weighted by Gasteiger charge is -2.26. The van der Waals surface area contributed by atoms with Gasteiger partial charge in [0, 0.05) is 19.6 Å². The fourth-order valence-corrected chi connectivity index (χ4v) is 2.20. The third-order valence-corrected chi connectivity index (χ3v) is 3.49. The summed E-state index contributed by atoms with van der Waals surface area (Å²) >= 11 is 0. The van der Waals surface area contributed by atoms with E-state index in [1.54, 1.807) is 0 Å². The van der Waals surface area contributed by atoms with Gasteiger partial charge in [-0.05, 0) is 25.1 Å². The highest BCUT2D eigenvalue weighted by molar-refractivity contribution is 6.27. The van der Waals surface area contributed by atoms with Crippen LogP contribution in [0.4, 0.5) is 0 Å². The normalized spacial score (nSPS) is 14.7. The molecular weight excluding hydrogens is 324 g/mol. The van der Waals surface area contributed by atoms with Crippen LogP contribution in [0.3, 0.4) is 0 Å². The van der Waals surface area contributed by atoms with Crippen molar-refractivity contribution in [3.63, 3.8) is 0 Å². The smallest absolute Gasteiger partial charge is 0.414 e. The SMILES string of the molecule is C(=Cc1ccccc1)CNCCCN1CCOCC1.O=C(O)C(=O)O. The highest BCUT2D eigenvalue weighted by Crippen LogP contribution is 2.00. The molecule has 0 aromatic heterocycles. The Labute approximate surface area is 147 Å². The molecule has 7 nitrogen and oxygen atoms in total. The van der Waals surface area contributed by atoms with Gasteiger partial charge in [0.2, 0.25) is 0 Å². The van der Waals surface area contributed by atoms with Crippen LogP contribution < -0.4 is 5.32 Å². The summed E-state index contributed by atoms with van der Waals surface area (Å²) in [6.07, 6.45) is 5.55. The second-order valence-corrected chi connectivity index (χ2v) is 5.44. The highest BCUT2D eigenvalue weighted by atomic mass is 16.5. The average Bonchev–Trinajstić information content (AvgIpc) is 2.63. The van der Waals surface area contributed by atoms with Crippen LogP contribution in [-0.2, 0) is 14.3 Å². The van der Waals surface area contributed by atoms with E-state index < -0.39 is 11.9 Å². The van der Waals surface area contributed by atoms with E-state index in [0.717, 1.165) is 39.4 Å². The predicted molar refractivity (Wildman–Crippen MR) is 95.5 cm³/mol. The summed E-state index contributed by atoms with van der Waals surface area (Å²) in [5.74, 6) is -3.65. The quantitative estimate of drug-likeness (QED) is 0.501. The molecule has 0 spiro atoms. The number of nitrogens with one attached hydrogen (secondary N) is 1. The Morgan fingerprint density at radius 2 is 1.76 bits per heavy atom. The predicted octanol–water partition coefficient (Wildman–Crippen LogP) is 1.17. The van der Waals surface area contributed by atoms with Crippen LogP contribution in [-0.4, -0.2) is 73.0 Å². The topological polar surface area (TPSA) is 99.1 Å². The van der Waals surface area contributed by atoms with E-state index >= 15 is 0 Å². The molecule has 2 rings (SSSR count). The lowest BCUT2D eigenvalue weighted by molar-refractivity contribution is -0.159. The highest BCUT2D eigenvalue weighted by Gasteiger charge is 2.08. The van der Waals surface area contributed by atoms with Crippen LogP contribution >= 0.6 is 0 Å². The summed E-state index contributed by atoms with van der Waals surface area (Å²) in [7, 11) is 0. The van der Waals surface area contributed by atoms with Crippen LogP contribution in [0.25, 0.3) is 6.08 Å².